The third-order valence-electron chi connectivity index (χ3n) is 2.49. The van der Waals surface area contributed by atoms with E-state index in [0.717, 1.165) is 10.0 Å². The minimum atomic E-state index is -0.871. The molecule has 108 valence electrons. The van der Waals surface area contributed by atoms with Crippen LogP contribution in [0.5, 0.6) is 5.75 Å². The molecule has 0 spiro atoms. The van der Waals surface area contributed by atoms with Gasteiger partial charge < -0.3 is 9.47 Å². The van der Waals surface area contributed by atoms with Gasteiger partial charge in [-0.3, -0.25) is 10.1 Å². The molecule has 0 saturated heterocycles. The molecule has 0 atom stereocenters. The summed E-state index contributed by atoms with van der Waals surface area (Å²) in [5.74, 6) is 0.180. The maximum Gasteiger partial charge on any atom is 0.514 e. The normalized spacial score (nSPS) is 9.95. The quantitative estimate of drug-likeness (QED) is 0.359. The molecule has 0 aromatic heterocycles. The number of non-ortho nitro benzene ring substituents is 1. The van der Waals surface area contributed by atoms with Crippen LogP contribution in [-0.4, -0.2) is 11.1 Å². The summed E-state index contributed by atoms with van der Waals surface area (Å²) < 4.78 is 10.7. The van der Waals surface area contributed by atoms with Crippen LogP contribution in [0.3, 0.4) is 0 Å². The molecule has 0 saturated carbocycles. The van der Waals surface area contributed by atoms with Crippen LogP contribution < -0.4 is 4.74 Å². The lowest BCUT2D eigenvalue weighted by molar-refractivity contribution is -0.384. The van der Waals surface area contributed by atoms with E-state index >= 15 is 0 Å². The molecule has 21 heavy (non-hydrogen) atoms. The van der Waals surface area contributed by atoms with E-state index in [4.69, 9.17) is 9.47 Å². The summed E-state index contributed by atoms with van der Waals surface area (Å²) in [5.41, 5.74) is 0.731. The van der Waals surface area contributed by atoms with Gasteiger partial charge in [0.2, 0.25) is 0 Å². The van der Waals surface area contributed by atoms with E-state index < -0.39 is 11.1 Å². The molecule has 0 N–H and O–H groups in total. The van der Waals surface area contributed by atoms with Crippen molar-refractivity contribution in [1.29, 1.82) is 0 Å². The fraction of sp³-hybridized carbons (Fsp3) is 0.0714. The Morgan fingerprint density at radius 2 is 1.90 bits per heavy atom. The Morgan fingerprint density at radius 1 is 1.19 bits per heavy atom. The van der Waals surface area contributed by atoms with Crippen LogP contribution in [0.2, 0.25) is 0 Å². The standard InChI is InChI=1S/C14H10BrNO5/c15-11-3-1-2-10(8-11)9-20-14(17)21-13-6-4-12(5-7-13)16(18)19/h1-8H,9H2. The molecule has 2 rings (SSSR count). The molecule has 0 heterocycles. The predicted octanol–water partition coefficient (Wildman–Crippen LogP) is 4.07. The maximum absolute atomic E-state index is 11.5. The van der Waals surface area contributed by atoms with Crippen LogP contribution >= 0.6 is 15.9 Å². The molecule has 0 amide bonds. The highest BCUT2D eigenvalue weighted by atomic mass is 79.9. The summed E-state index contributed by atoms with van der Waals surface area (Å²) in [7, 11) is 0. The van der Waals surface area contributed by atoms with E-state index in [9.17, 15) is 14.9 Å². The highest BCUT2D eigenvalue weighted by molar-refractivity contribution is 9.10. The van der Waals surface area contributed by atoms with E-state index in [1.807, 2.05) is 24.3 Å². The molecule has 0 bridgehead atoms. The Balaban J connectivity index is 1.88. The van der Waals surface area contributed by atoms with E-state index in [-0.39, 0.29) is 18.0 Å². The Hall–Kier alpha value is -2.41. The zero-order chi connectivity index (χ0) is 15.2. The van der Waals surface area contributed by atoms with Gasteiger partial charge in [-0.05, 0) is 29.8 Å². The van der Waals surface area contributed by atoms with Gasteiger partial charge in [0.05, 0.1) is 4.92 Å². The molecule has 0 aliphatic carbocycles. The lowest BCUT2D eigenvalue weighted by Crippen LogP contribution is -2.10. The molecule has 2 aromatic rings. The topological polar surface area (TPSA) is 78.7 Å². The number of hydrogen-bond donors (Lipinski definition) is 0. The maximum atomic E-state index is 11.5. The molecule has 0 aliphatic heterocycles. The van der Waals surface area contributed by atoms with Crippen LogP contribution in [0.25, 0.3) is 0 Å². The van der Waals surface area contributed by atoms with Crippen LogP contribution in [0.15, 0.2) is 53.0 Å². The average molecular weight is 352 g/mol. The van der Waals surface area contributed by atoms with E-state index in [1.165, 1.54) is 24.3 Å². The van der Waals surface area contributed by atoms with Crippen molar-refractivity contribution < 1.29 is 19.2 Å². The number of benzene rings is 2. The Bertz CT molecular complexity index is 657. The number of nitro groups is 1. The van der Waals surface area contributed by atoms with Gasteiger partial charge in [0.15, 0.2) is 0 Å². The van der Waals surface area contributed by atoms with Crippen molar-refractivity contribution in [3.05, 3.63) is 68.7 Å². The third-order valence-corrected chi connectivity index (χ3v) is 2.99. The predicted molar refractivity (Wildman–Crippen MR) is 78.1 cm³/mol. The molecule has 7 heteroatoms. The summed E-state index contributed by atoms with van der Waals surface area (Å²) in [5, 5.41) is 10.5. The van der Waals surface area contributed by atoms with Crippen molar-refractivity contribution in [3.8, 4) is 5.75 Å². The number of nitrogens with zero attached hydrogens (tertiary/aromatic N) is 1. The average Bonchev–Trinajstić information content (AvgIpc) is 2.46. The van der Waals surface area contributed by atoms with Crippen molar-refractivity contribution in [2.45, 2.75) is 6.61 Å². The monoisotopic (exact) mass is 351 g/mol. The molecular weight excluding hydrogens is 342 g/mol. The first-order chi connectivity index (χ1) is 10.0. The Kier molecular flexibility index (Phi) is 4.89. The molecule has 0 aliphatic rings. The Labute approximate surface area is 128 Å². The number of carbonyl (C=O) groups is 1. The zero-order valence-corrected chi connectivity index (χ0v) is 12.3. The molecule has 0 radical (unpaired) electrons. The van der Waals surface area contributed by atoms with Crippen LogP contribution in [0.4, 0.5) is 10.5 Å². The lowest BCUT2D eigenvalue weighted by atomic mass is 10.2. The van der Waals surface area contributed by atoms with Crippen molar-refractivity contribution in [2.24, 2.45) is 0 Å². The van der Waals surface area contributed by atoms with Gasteiger partial charge in [-0.2, -0.15) is 0 Å². The summed E-state index contributed by atoms with van der Waals surface area (Å²) in [6.07, 6.45) is -0.871. The van der Waals surface area contributed by atoms with Crippen molar-refractivity contribution in [3.63, 3.8) is 0 Å². The first-order valence-corrected chi connectivity index (χ1v) is 6.67. The van der Waals surface area contributed by atoms with Gasteiger partial charge in [-0.1, -0.05) is 28.1 Å². The van der Waals surface area contributed by atoms with Gasteiger partial charge in [-0.25, -0.2) is 4.79 Å². The van der Waals surface area contributed by atoms with Gasteiger partial charge >= 0.3 is 6.16 Å². The van der Waals surface area contributed by atoms with Crippen molar-refractivity contribution in [1.82, 2.24) is 0 Å². The first kappa shape index (κ1) is 15.0. The molecular formula is C14H10BrNO5. The highest BCUT2D eigenvalue weighted by Crippen LogP contribution is 2.18. The van der Waals surface area contributed by atoms with Crippen LogP contribution in [-0.2, 0) is 11.3 Å². The smallest absolute Gasteiger partial charge is 0.429 e. The Morgan fingerprint density at radius 3 is 2.52 bits per heavy atom. The number of rotatable bonds is 4. The van der Waals surface area contributed by atoms with Gasteiger partial charge in [0, 0.05) is 16.6 Å². The molecule has 6 nitrogen and oxygen atoms in total. The minimum Gasteiger partial charge on any atom is -0.429 e. The second-order valence-corrected chi connectivity index (χ2v) is 4.94. The highest BCUT2D eigenvalue weighted by Gasteiger charge is 2.09. The van der Waals surface area contributed by atoms with Gasteiger partial charge in [0.25, 0.3) is 5.69 Å². The fourth-order valence-electron chi connectivity index (χ4n) is 1.53. The van der Waals surface area contributed by atoms with Crippen LogP contribution in [0, 0.1) is 10.1 Å². The van der Waals surface area contributed by atoms with E-state index in [2.05, 4.69) is 15.9 Å². The van der Waals surface area contributed by atoms with Crippen molar-refractivity contribution in [2.75, 3.05) is 0 Å². The number of ether oxygens (including phenoxy) is 2. The zero-order valence-electron chi connectivity index (χ0n) is 10.7. The summed E-state index contributed by atoms with van der Waals surface area (Å²) >= 11 is 3.31. The summed E-state index contributed by atoms with van der Waals surface area (Å²) in [6, 6.07) is 12.5. The number of carbonyl (C=O) groups excluding carboxylic acids is 1. The molecule has 0 fully saturated rings. The SMILES string of the molecule is O=C(OCc1cccc(Br)c1)Oc1ccc([N+](=O)[O-])cc1. The lowest BCUT2D eigenvalue weighted by Gasteiger charge is -2.06. The second-order valence-electron chi connectivity index (χ2n) is 4.02. The van der Waals surface area contributed by atoms with E-state index in [0.29, 0.717) is 0 Å². The van der Waals surface area contributed by atoms with Crippen LogP contribution in [0.1, 0.15) is 5.56 Å². The molecule has 0 unspecified atom stereocenters. The number of hydrogen-bond acceptors (Lipinski definition) is 5. The third kappa shape index (κ3) is 4.57. The molecule has 2 aromatic carbocycles. The minimum absolute atomic E-state index is 0.0747. The second kappa shape index (κ2) is 6.85. The van der Waals surface area contributed by atoms with Gasteiger partial charge in [-0.15, -0.1) is 0 Å². The summed E-state index contributed by atoms with van der Waals surface area (Å²) in [4.78, 5) is 21.5. The van der Waals surface area contributed by atoms with Crippen molar-refractivity contribution >= 4 is 27.8 Å². The fourth-order valence-corrected chi connectivity index (χ4v) is 1.98. The number of halogens is 1. The van der Waals surface area contributed by atoms with E-state index in [1.54, 1.807) is 0 Å². The first-order valence-electron chi connectivity index (χ1n) is 5.88. The van der Waals surface area contributed by atoms with Gasteiger partial charge in [0.1, 0.15) is 12.4 Å². The number of nitro benzene ring substituents is 1. The summed E-state index contributed by atoms with van der Waals surface area (Å²) in [6.45, 7) is 0.0747. The largest absolute Gasteiger partial charge is 0.514 e.